The molecule has 2 aliphatic rings. The Bertz CT molecular complexity index is 488. The zero-order chi connectivity index (χ0) is 14.1. The van der Waals surface area contributed by atoms with Crippen LogP contribution in [0.15, 0.2) is 24.3 Å². The van der Waals surface area contributed by atoms with Crippen molar-refractivity contribution in [2.75, 3.05) is 0 Å². The number of likely N-dealkylation sites (tertiary alicyclic amines) is 1. The molecular weight excluding hydrogens is 274 g/mol. The summed E-state index contributed by atoms with van der Waals surface area (Å²) in [5.41, 5.74) is 1.16. The van der Waals surface area contributed by atoms with E-state index in [-0.39, 0.29) is 24.1 Å². The van der Waals surface area contributed by atoms with Gasteiger partial charge in [0.25, 0.3) is 0 Å². The summed E-state index contributed by atoms with van der Waals surface area (Å²) in [6.45, 7) is 0. The largest absolute Gasteiger partial charge is 0.393 e. The van der Waals surface area contributed by atoms with Crippen molar-refractivity contribution in [1.29, 1.82) is 0 Å². The molecule has 1 aromatic rings. The Kier molecular flexibility index (Phi) is 3.99. The molecule has 1 N–H and O–H groups in total. The number of carbonyl (C=O) groups is 1. The Morgan fingerprint density at radius 3 is 2.55 bits per heavy atom. The highest BCUT2D eigenvalue weighted by molar-refractivity contribution is 6.30. The van der Waals surface area contributed by atoms with Crippen LogP contribution in [0.2, 0.25) is 5.02 Å². The minimum atomic E-state index is -0.249. The van der Waals surface area contributed by atoms with Crippen LogP contribution in [0.25, 0.3) is 0 Å². The predicted octanol–water partition coefficient (Wildman–Crippen LogP) is 3.31. The van der Waals surface area contributed by atoms with Crippen LogP contribution in [-0.2, 0) is 4.79 Å². The molecule has 3 atom stereocenters. The number of rotatable bonds is 2. The second-order valence-corrected chi connectivity index (χ2v) is 6.32. The van der Waals surface area contributed by atoms with E-state index < -0.39 is 0 Å². The summed E-state index contributed by atoms with van der Waals surface area (Å²) < 4.78 is 0. The molecule has 1 saturated heterocycles. The van der Waals surface area contributed by atoms with Crippen LogP contribution in [0, 0.1) is 0 Å². The van der Waals surface area contributed by atoms with Crippen LogP contribution in [-0.4, -0.2) is 28.1 Å². The van der Waals surface area contributed by atoms with Gasteiger partial charge in [-0.05, 0) is 49.8 Å². The van der Waals surface area contributed by atoms with Crippen molar-refractivity contribution in [2.45, 2.75) is 56.7 Å². The van der Waals surface area contributed by atoms with E-state index in [9.17, 15) is 9.90 Å². The number of hydrogen-bond donors (Lipinski definition) is 1. The van der Waals surface area contributed by atoms with E-state index in [0.29, 0.717) is 6.42 Å². The maximum absolute atomic E-state index is 12.4. The number of aliphatic hydroxyl groups is 1. The summed E-state index contributed by atoms with van der Waals surface area (Å²) in [6.07, 6.45) is 4.77. The molecule has 1 amide bonds. The van der Waals surface area contributed by atoms with Crippen molar-refractivity contribution >= 4 is 17.5 Å². The summed E-state index contributed by atoms with van der Waals surface area (Å²) in [5, 5.41) is 10.5. The molecule has 1 saturated carbocycles. The number of nitrogens with zero attached hydrogens (tertiary/aromatic N) is 1. The molecule has 108 valence electrons. The molecule has 3 unspecified atom stereocenters. The summed E-state index contributed by atoms with van der Waals surface area (Å²) in [6, 6.07) is 8.14. The molecule has 1 heterocycles. The SMILES string of the molecule is O=C1CCCC(c2ccc(Cl)cc2)N1C1CCC(O)C1. The zero-order valence-corrected chi connectivity index (χ0v) is 12.2. The first-order valence-electron chi connectivity index (χ1n) is 7.40. The third kappa shape index (κ3) is 2.70. The fourth-order valence-electron chi connectivity index (χ4n) is 3.55. The van der Waals surface area contributed by atoms with Gasteiger partial charge in [-0.25, -0.2) is 0 Å². The molecule has 0 aromatic heterocycles. The van der Waals surface area contributed by atoms with Gasteiger partial charge in [-0.1, -0.05) is 23.7 Å². The van der Waals surface area contributed by atoms with E-state index in [4.69, 9.17) is 11.6 Å². The van der Waals surface area contributed by atoms with Crippen LogP contribution in [0.5, 0.6) is 0 Å². The zero-order valence-electron chi connectivity index (χ0n) is 11.5. The van der Waals surface area contributed by atoms with Crippen molar-refractivity contribution in [2.24, 2.45) is 0 Å². The number of carbonyl (C=O) groups excluding carboxylic acids is 1. The standard InChI is InChI=1S/C16H20ClNO2/c17-12-6-4-11(5-7-12)15-2-1-3-16(20)18(15)13-8-9-14(19)10-13/h4-7,13-15,19H,1-3,8-10H2. The normalized spacial score (nSPS) is 30.8. The molecular formula is C16H20ClNO2. The number of amides is 1. The number of hydrogen-bond acceptors (Lipinski definition) is 2. The first kappa shape index (κ1) is 13.9. The van der Waals surface area contributed by atoms with Crippen LogP contribution in [0.1, 0.15) is 50.1 Å². The number of halogens is 1. The monoisotopic (exact) mass is 293 g/mol. The Morgan fingerprint density at radius 2 is 1.90 bits per heavy atom. The second kappa shape index (κ2) is 5.74. The fourth-order valence-corrected chi connectivity index (χ4v) is 3.67. The Hall–Kier alpha value is -1.06. The van der Waals surface area contributed by atoms with E-state index in [1.807, 2.05) is 29.2 Å². The van der Waals surface area contributed by atoms with Crippen molar-refractivity contribution < 1.29 is 9.90 Å². The van der Waals surface area contributed by atoms with Crippen molar-refractivity contribution in [3.63, 3.8) is 0 Å². The maximum Gasteiger partial charge on any atom is 0.223 e. The van der Waals surface area contributed by atoms with Gasteiger partial charge in [-0.15, -0.1) is 0 Å². The first-order chi connectivity index (χ1) is 9.65. The molecule has 20 heavy (non-hydrogen) atoms. The molecule has 0 bridgehead atoms. The minimum absolute atomic E-state index is 0.142. The van der Waals surface area contributed by atoms with Gasteiger partial charge in [0.15, 0.2) is 0 Å². The van der Waals surface area contributed by atoms with Gasteiger partial charge in [0.2, 0.25) is 5.91 Å². The lowest BCUT2D eigenvalue weighted by Crippen LogP contribution is -2.44. The average Bonchev–Trinajstić information content (AvgIpc) is 2.85. The molecule has 1 aliphatic heterocycles. The van der Waals surface area contributed by atoms with E-state index in [1.165, 1.54) is 0 Å². The van der Waals surface area contributed by atoms with E-state index in [0.717, 1.165) is 42.7 Å². The molecule has 1 aliphatic carbocycles. The van der Waals surface area contributed by atoms with Gasteiger partial charge >= 0.3 is 0 Å². The topological polar surface area (TPSA) is 40.5 Å². The summed E-state index contributed by atoms with van der Waals surface area (Å²) in [4.78, 5) is 14.4. The first-order valence-corrected chi connectivity index (χ1v) is 7.77. The van der Waals surface area contributed by atoms with Crippen molar-refractivity contribution in [3.05, 3.63) is 34.9 Å². The van der Waals surface area contributed by atoms with Crippen molar-refractivity contribution in [1.82, 2.24) is 4.90 Å². The summed E-state index contributed by atoms with van der Waals surface area (Å²) >= 11 is 5.95. The third-order valence-electron chi connectivity index (χ3n) is 4.52. The Morgan fingerprint density at radius 1 is 1.15 bits per heavy atom. The van der Waals surface area contributed by atoms with E-state index in [1.54, 1.807) is 0 Å². The van der Waals surface area contributed by atoms with E-state index in [2.05, 4.69) is 0 Å². The van der Waals surface area contributed by atoms with Gasteiger partial charge in [-0.3, -0.25) is 4.79 Å². The highest BCUT2D eigenvalue weighted by atomic mass is 35.5. The Balaban J connectivity index is 1.86. The van der Waals surface area contributed by atoms with Crippen LogP contribution < -0.4 is 0 Å². The smallest absolute Gasteiger partial charge is 0.223 e. The second-order valence-electron chi connectivity index (χ2n) is 5.88. The summed E-state index contributed by atoms with van der Waals surface area (Å²) in [5.74, 6) is 0.232. The van der Waals surface area contributed by atoms with Gasteiger partial charge < -0.3 is 10.0 Å². The lowest BCUT2D eigenvalue weighted by atomic mass is 9.92. The molecule has 2 fully saturated rings. The lowest BCUT2D eigenvalue weighted by Gasteiger charge is -2.40. The predicted molar refractivity (Wildman–Crippen MR) is 78.5 cm³/mol. The van der Waals surface area contributed by atoms with Gasteiger partial charge in [0.05, 0.1) is 12.1 Å². The number of piperidine rings is 1. The molecule has 3 nitrogen and oxygen atoms in total. The molecule has 0 radical (unpaired) electrons. The van der Waals surface area contributed by atoms with Gasteiger partial charge in [0, 0.05) is 17.5 Å². The molecule has 3 rings (SSSR count). The third-order valence-corrected chi connectivity index (χ3v) is 4.77. The molecule has 0 spiro atoms. The van der Waals surface area contributed by atoms with Crippen LogP contribution >= 0.6 is 11.6 Å². The molecule has 1 aromatic carbocycles. The fraction of sp³-hybridized carbons (Fsp3) is 0.562. The van der Waals surface area contributed by atoms with Gasteiger partial charge in [0.1, 0.15) is 0 Å². The van der Waals surface area contributed by atoms with Crippen LogP contribution in [0.4, 0.5) is 0 Å². The Labute approximate surface area is 124 Å². The lowest BCUT2D eigenvalue weighted by molar-refractivity contribution is -0.139. The maximum atomic E-state index is 12.4. The van der Waals surface area contributed by atoms with Crippen LogP contribution in [0.3, 0.4) is 0 Å². The average molecular weight is 294 g/mol. The molecule has 4 heteroatoms. The van der Waals surface area contributed by atoms with Gasteiger partial charge in [-0.2, -0.15) is 0 Å². The quantitative estimate of drug-likeness (QED) is 0.909. The van der Waals surface area contributed by atoms with Crippen molar-refractivity contribution in [3.8, 4) is 0 Å². The highest BCUT2D eigenvalue weighted by Crippen LogP contribution is 2.38. The number of aliphatic hydroxyl groups excluding tert-OH is 1. The highest BCUT2D eigenvalue weighted by Gasteiger charge is 2.37. The van der Waals surface area contributed by atoms with E-state index >= 15 is 0 Å². The number of benzene rings is 1. The summed E-state index contributed by atoms with van der Waals surface area (Å²) in [7, 11) is 0. The minimum Gasteiger partial charge on any atom is -0.393 e.